The third-order valence-electron chi connectivity index (χ3n) is 2.37. The van der Waals surface area contributed by atoms with Crippen molar-refractivity contribution in [3.05, 3.63) is 34.6 Å². The molecule has 0 spiro atoms. The van der Waals surface area contributed by atoms with Gasteiger partial charge in [-0.3, -0.25) is 0 Å². The van der Waals surface area contributed by atoms with Crippen LogP contribution in [-0.4, -0.2) is 9.97 Å². The molecule has 0 bridgehead atoms. The van der Waals surface area contributed by atoms with Gasteiger partial charge in [0, 0.05) is 11.5 Å². The van der Waals surface area contributed by atoms with Crippen LogP contribution < -0.4 is 0 Å². The van der Waals surface area contributed by atoms with E-state index in [0.717, 1.165) is 26.1 Å². The van der Waals surface area contributed by atoms with Gasteiger partial charge in [0.05, 0.1) is 11.2 Å². The van der Waals surface area contributed by atoms with Crippen LogP contribution in [0.1, 0.15) is 32.4 Å². The van der Waals surface area contributed by atoms with Crippen LogP contribution in [0.5, 0.6) is 0 Å². The number of nitrogens with zero attached hydrogens (tertiary/aromatic N) is 2. The number of furan rings is 1. The Labute approximate surface area is 120 Å². The fraction of sp³-hybridized carbons (Fsp3) is 0.385. The summed E-state index contributed by atoms with van der Waals surface area (Å²) in [7, 11) is 0. The summed E-state index contributed by atoms with van der Waals surface area (Å²) in [6, 6.07) is 3.87. The molecule has 2 heterocycles. The summed E-state index contributed by atoms with van der Waals surface area (Å²) in [5.41, 5.74) is -0.0649. The summed E-state index contributed by atoms with van der Waals surface area (Å²) >= 11 is 5.03. The first-order chi connectivity index (χ1) is 8.36. The fourth-order valence-corrected chi connectivity index (χ4v) is 2.76. The summed E-state index contributed by atoms with van der Waals surface area (Å²) < 4.78 is 6.10. The minimum atomic E-state index is -0.0649. The molecular formula is C13H15BrN2OS. The molecular weight excluding hydrogens is 312 g/mol. The van der Waals surface area contributed by atoms with Gasteiger partial charge in [0.25, 0.3) is 0 Å². The van der Waals surface area contributed by atoms with E-state index in [1.165, 1.54) is 0 Å². The van der Waals surface area contributed by atoms with E-state index in [0.29, 0.717) is 0 Å². The minimum absolute atomic E-state index is 0.0649. The molecule has 5 heteroatoms. The first kappa shape index (κ1) is 13.6. The Bertz CT molecular complexity index is 560. The highest BCUT2D eigenvalue weighted by Crippen LogP contribution is 2.32. The average molecular weight is 327 g/mol. The maximum Gasteiger partial charge on any atom is 0.136 e. The van der Waals surface area contributed by atoms with Crippen LogP contribution in [0.4, 0.5) is 0 Å². The normalized spacial score (nSPS) is 11.8. The van der Waals surface area contributed by atoms with Gasteiger partial charge in [-0.15, -0.1) is 0 Å². The lowest BCUT2D eigenvalue weighted by Gasteiger charge is -2.17. The Kier molecular flexibility index (Phi) is 3.82. The molecule has 0 aromatic carbocycles. The molecule has 2 rings (SSSR count). The number of aryl methyl sites for hydroxylation is 1. The Hall–Kier alpha value is -0.810. The Morgan fingerprint density at radius 3 is 2.56 bits per heavy atom. The molecule has 0 aliphatic heterocycles. The predicted molar refractivity (Wildman–Crippen MR) is 76.0 cm³/mol. The zero-order valence-corrected chi connectivity index (χ0v) is 13.2. The van der Waals surface area contributed by atoms with Crippen molar-refractivity contribution >= 4 is 27.7 Å². The highest BCUT2D eigenvalue weighted by molar-refractivity contribution is 9.10. The average Bonchev–Trinajstić information content (AvgIpc) is 2.62. The molecule has 0 N–H and O–H groups in total. The standard InChI is InChI=1S/C13H15BrN2OS/c1-8-9(5-6-17-8)18-11-7-10(14)15-12(16-11)13(2,3)4/h5-7H,1-4H3. The zero-order chi connectivity index (χ0) is 13.3. The lowest BCUT2D eigenvalue weighted by Crippen LogP contribution is -2.16. The van der Waals surface area contributed by atoms with Crippen molar-refractivity contribution in [1.82, 2.24) is 9.97 Å². The van der Waals surface area contributed by atoms with Crippen LogP contribution in [0.2, 0.25) is 0 Å². The summed E-state index contributed by atoms with van der Waals surface area (Å²) in [6.45, 7) is 8.26. The highest BCUT2D eigenvalue weighted by atomic mass is 79.9. The molecule has 0 aliphatic rings. The van der Waals surface area contributed by atoms with Crippen LogP contribution in [0.25, 0.3) is 0 Å². The van der Waals surface area contributed by atoms with Crippen molar-refractivity contribution < 1.29 is 4.42 Å². The molecule has 0 unspecified atom stereocenters. The van der Waals surface area contributed by atoms with E-state index in [4.69, 9.17) is 4.42 Å². The highest BCUT2D eigenvalue weighted by Gasteiger charge is 2.19. The van der Waals surface area contributed by atoms with E-state index in [1.54, 1.807) is 18.0 Å². The summed E-state index contributed by atoms with van der Waals surface area (Å²) in [5, 5.41) is 0.923. The van der Waals surface area contributed by atoms with Crippen molar-refractivity contribution in [3.63, 3.8) is 0 Å². The third kappa shape index (κ3) is 3.14. The monoisotopic (exact) mass is 326 g/mol. The van der Waals surface area contributed by atoms with Crippen molar-refractivity contribution in [1.29, 1.82) is 0 Å². The summed E-state index contributed by atoms with van der Waals surface area (Å²) in [5.74, 6) is 1.74. The van der Waals surface area contributed by atoms with Crippen molar-refractivity contribution in [2.45, 2.75) is 43.0 Å². The first-order valence-corrected chi connectivity index (χ1v) is 7.24. The van der Waals surface area contributed by atoms with Gasteiger partial charge in [-0.1, -0.05) is 32.5 Å². The Morgan fingerprint density at radius 1 is 1.28 bits per heavy atom. The quantitative estimate of drug-likeness (QED) is 0.756. The Balaban J connectivity index is 2.35. The van der Waals surface area contributed by atoms with Crippen LogP contribution in [-0.2, 0) is 5.41 Å². The number of hydrogen-bond donors (Lipinski definition) is 0. The van der Waals surface area contributed by atoms with E-state index in [9.17, 15) is 0 Å². The third-order valence-corrected chi connectivity index (χ3v) is 3.84. The van der Waals surface area contributed by atoms with Gasteiger partial charge in [0.15, 0.2) is 0 Å². The van der Waals surface area contributed by atoms with E-state index < -0.39 is 0 Å². The van der Waals surface area contributed by atoms with E-state index in [1.807, 2.05) is 19.1 Å². The van der Waals surface area contributed by atoms with Crippen LogP contribution in [0.3, 0.4) is 0 Å². The lowest BCUT2D eigenvalue weighted by molar-refractivity contribution is 0.526. The van der Waals surface area contributed by atoms with Gasteiger partial charge >= 0.3 is 0 Å². The molecule has 3 nitrogen and oxygen atoms in total. The van der Waals surface area contributed by atoms with Crippen molar-refractivity contribution in [2.24, 2.45) is 0 Å². The maximum absolute atomic E-state index is 5.29. The fourth-order valence-electron chi connectivity index (χ4n) is 1.38. The van der Waals surface area contributed by atoms with Gasteiger partial charge in [0.1, 0.15) is 21.2 Å². The minimum Gasteiger partial charge on any atom is -0.468 e. The van der Waals surface area contributed by atoms with Gasteiger partial charge in [-0.25, -0.2) is 9.97 Å². The molecule has 0 saturated heterocycles. The zero-order valence-electron chi connectivity index (χ0n) is 10.8. The second-order valence-electron chi connectivity index (χ2n) is 5.05. The van der Waals surface area contributed by atoms with E-state index >= 15 is 0 Å². The summed E-state index contributed by atoms with van der Waals surface area (Å²) in [6.07, 6.45) is 1.69. The molecule has 2 aromatic heterocycles. The van der Waals surface area contributed by atoms with Crippen LogP contribution >= 0.6 is 27.7 Å². The van der Waals surface area contributed by atoms with E-state index in [2.05, 4.69) is 46.7 Å². The molecule has 96 valence electrons. The number of rotatable bonds is 2. The first-order valence-electron chi connectivity index (χ1n) is 5.63. The molecule has 2 aromatic rings. The Morgan fingerprint density at radius 2 is 2.00 bits per heavy atom. The SMILES string of the molecule is Cc1occc1Sc1cc(Br)nc(C(C)(C)C)n1. The van der Waals surface area contributed by atoms with Crippen molar-refractivity contribution in [3.8, 4) is 0 Å². The van der Waals surface area contributed by atoms with E-state index in [-0.39, 0.29) is 5.41 Å². The second-order valence-corrected chi connectivity index (χ2v) is 6.92. The van der Waals surface area contributed by atoms with Crippen molar-refractivity contribution in [2.75, 3.05) is 0 Å². The number of halogens is 1. The molecule has 0 atom stereocenters. The largest absolute Gasteiger partial charge is 0.468 e. The molecule has 0 amide bonds. The molecule has 0 saturated carbocycles. The predicted octanol–water partition coefficient (Wildman–Crippen LogP) is 4.59. The van der Waals surface area contributed by atoms with Gasteiger partial charge in [-0.2, -0.15) is 0 Å². The van der Waals surface area contributed by atoms with Crippen LogP contribution in [0, 0.1) is 6.92 Å². The second kappa shape index (κ2) is 5.05. The van der Waals surface area contributed by atoms with Crippen LogP contribution in [0.15, 0.2) is 37.3 Å². The maximum atomic E-state index is 5.29. The van der Waals surface area contributed by atoms with Gasteiger partial charge in [0.2, 0.25) is 0 Å². The molecule has 0 aliphatic carbocycles. The molecule has 0 fully saturated rings. The number of hydrogen-bond acceptors (Lipinski definition) is 4. The van der Waals surface area contributed by atoms with Gasteiger partial charge in [-0.05, 0) is 28.9 Å². The lowest BCUT2D eigenvalue weighted by atomic mass is 9.96. The smallest absolute Gasteiger partial charge is 0.136 e. The van der Waals surface area contributed by atoms with Gasteiger partial charge < -0.3 is 4.42 Å². The molecule has 18 heavy (non-hydrogen) atoms. The number of aromatic nitrogens is 2. The topological polar surface area (TPSA) is 38.9 Å². The molecule has 0 radical (unpaired) electrons. The summed E-state index contributed by atoms with van der Waals surface area (Å²) in [4.78, 5) is 10.1.